The van der Waals surface area contributed by atoms with Crippen LogP contribution in [0, 0.1) is 0 Å². The molecule has 0 aliphatic heterocycles. The minimum atomic E-state index is -0.0238. The number of fused-ring (bicyclic) bond motifs is 1. The number of halogens is 1. The van der Waals surface area contributed by atoms with Crippen LogP contribution in [-0.2, 0) is 0 Å². The predicted molar refractivity (Wildman–Crippen MR) is 57.7 cm³/mol. The number of carbonyl (C=O) groups is 1. The van der Waals surface area contributed by atoms with Crippen LogP contribution >= 0.6 is 11.6 Å². The van der Waals surface area contributed by atoms with E-state index in [9.17, 15) is 4.79 Å². The van der Waals surface area contributed by atoms with Crippen LogP contribution in [0.4, 0.5) is 0 Å². The number of H-pyrrole nitrogens is 1. The molecule has 2 heterocycles. The van der Waals surface area contributed by atoms with Crippen molar-refractivity contribution in [1.29, 1.82) is 0 Å². The van der Waals surface area contributed by atoms with Gasteiger partial charge in [-0.05, 0) is 13.0 Å². The maximum Gasteiger partial charge on any atom is 0.234 e. The Bertz CT molecular complexity index is 533. The van der Waals surface area contributed by atoms with E-state index in [1.54, 1.807) is 12.3 Å². The van der Waals surface area contributed by atoms with Gasteiger partial charge in [0.05, 0.1) is 7.11 Å². The van der Waals surface area contributed by atoms with Gasteiger partial charge in [-0.25, -0.2) is 0 Å². The largest absolute Gasteiger partial charge is 0.480 e. The first kappa shape index (κ1) is 9.98. The summed E-state index contributed by atoms with van der Waals surface area (Å²) in [6, 6.07) is 1.68. The fourth-order valence-electron chi connectivity index (χ4n) is 1.44. The van der Waals surface area contributed by atoms with Crippen molar-refractivity contribution in [2.45, 2.75) is 6.92 Å². The molecule has 78 valence electrons. The highest BCUT2D eigenvalue weighted by Crippen LogP contribution is 2.28. The Morgan fingerprint density at radius 2 is 2.33 bits per heavy atom. The van der Waals surface area contributed by atoms with Gasteiger partial charge in [-0.1, -0.05) is 11.6 Å². The van der Waals surface area contributed by atoms with Crippen LogP contribution in [0.25, 0.3) is 11.0 Å². The molecule has 1 N–H and O–H groups in total. The van der Waals surface area contributed by atoms with E-state index in [1.807, 2.05) is 0 Å². The lowest BCUT2D eigenvalue weighted by atomic mass is 10.1. The van der Waals surface area contributed by atoms with Crippen LogP contribution in [0.5, 0.6) is 5.88 Å². The number of hydrogen-bond donors (Lipinski definition) is 1. The molecule has 0 bridgehead atoms. The van der Waals surface area contributed by atoms with Gasteiger partial charge in [-0.15, -0.1) is 0 Å². The molecule has 5 heteroatoms. The molecule has 0 saturated carbocycles. The summed E-state index contributed by atoms with van der Waals surface area (Å²) in [4.78, 5) is 18.3. The Labute approximate surface area is 91.2 Å². The number of methoxy groups -OCH3 is 1. The minimum Gasteiger partial charge on any atom is -0.480 e. The maximum atomic E-state index is 11.3. The van der Waals surface area contributed by atoms with Gasteiger partial charge >= 0.3 is 0 Å². The van der Waals surface area contributed by atoms with Crippen molar-refractivity contribution >= 4 is 28.4 Å². The fourth-order valence-corrected chi connectivity index (χ4v) is 1.67. The van der Waals surface area contributed by atoms with Crippen molar-refractivity contribution in [3.8, 4) is 5.88 Å². The minimum absolute atomic E-state index is 0.0238. The number of nitrogens with one attached hydrogen (secondary N) is 1. The molecule has 2 aromatic rings. The van der Waals surface area contributed by atoms with Gasteiger partial charge in [0, 0.05) is 17.1 Å². The van der Waals surface area contributed by atoms with E-state index in [2.05, 4.69) is 9.97 Å². The standard InChI is InChI=1S/C10H9ClN2O2/c1-5(14)7-4-12-9-6(7)3-8(11)10(13-9)15-2/h3-4H,1-2H3,(H,12,13). The van der Waals surface area contributed by atoms with Crippen molar-refractivity contribution < 1.29 is 9.53 Å². The molecule has 4 nitrogen and oxygen atoms in total. The van der Waals surface area contributed by atoms with Crippen molar-refractivity contribution in [2.75, 3.05) is 7.11 Å². The third-order valence-electron chi connectivity index (χ3n) is 2.16. The molecule has 15 heavy (non-hydrogen) atoms. The number of aromatic nitrogens is 2. The van der Waals surface area contributed by atoms with Gasteiger partial charge in [-0.2, -0.15) is 4.98 Å². The Kier molecular flexibility index (Phi) is 2.36. The number of carbonyl (C=O) groups excluding carboxylic acids is 1. The van der Waals surface area contributed by atoms with Crippen LogP contribution in [0.2, 0.25) is 5.02 Å². The first-order valence-corrected chi connectivity index (χ1v) is 4.74. The fraction of sp³-hybridized carbons (Fsp3) is 0.200. The SMILES string of the molecule is COc1nc2[nH]cc(C(C)=O)c2cc1Cl. The van der Waals surface area contributed by atoms with Crippen LogP contribution in [0.1, 0.15) is 17.3 Å². The third-order valence-corrected chi connectivity index (χ3v) is 2.43. The van der Waals surface area contributed by atoms with Gasteiger partial charge < -0.3 is 9.72 Å². The molecule has 0 aromatic carbocycles. The second kappa shape index (κ2) is 3.55. The number of Topliss-reactive ketones (excluding diaryl/α,β-unsaturated/α-hetero) is 1. The molecule has 0 atom stereocenters. The highest BCUT2D eigenvalue weighted by molar-refractivity contribution is 6.32. The molecule has 0 aliphatic rings. The smallest absolute Gasteiger partial charge is 0.234 e. The quantitative estimate of drug-likeness (QED) is 0.797. The Morgan fingerprint density at radius 3 is 2.93 bits per heavy atom. The van der Waals surface area contributed by atoms with Crippen LogP contribution in [0.3, 0.4) is 0 Å². The van der Waals surface area contributed by atoms with Crippen LogP contribution < -0.4 is 4.74 Å². The van der Waals surface area contributed by atoms with Gasteiger partial charge in [0.1, 0.15) is 10.7 Å². The lowest BCUT2D eigenvalue weighted by Crippen LogP contribution is -1.91. The maximum absolute atomic E-state index is 11.3. The molecule has 0 aliphatic carbocycles. The zero-order chi connectivity index (χ0) is 11.0. The molecule has 2 rings (SSSR count). The number of ether oxygens (including phenoxy) is 1. The van der Waals surface area contributed by atoms with Crippen LogP contribution in [0.15, 0.2) is 12.3 Å². The molecule has 0 amide bonds. The average molecular weight is 225 g/mol. The Morgan fingerprint density at radius 1 is 1.60 bits per heavy atom. The van der Waals surface area contributed by atoms with Gasteiger partial charge in [0.25, 0.3) is 0 Å². The summed E-state index contributed by atoms with van der Waals surface area (Å²) in [5.74, 6) is 0.324. The van der Waals surface area contributed by atoms with Crippen molar-refractivity contribution in [2.24, 2.45) is 0 Å². The molecular weight excluding hydrogens is 216 g/mol. The number of hydrogen-bond acceptors (Lipinski definition) is 3. The number of nitrogens with zero attached hydrogens (tertiary/aromatic N) is 1. The average Bonchev–Trinajstić information content (AvgIpc) is 2.59. The lowest BCUT2D eigenvalue weighted by Gasteiger charge is -2.01. The second-order valence-electron chi connectivity index (χ2n) is 3.13. The molecule has 0 unspecified atom stereocenters. The molecule has 2 aromatic heterocycles. The second-order valence-corrected chi connectivity index (χ2v) is 3.54. The normalized spacial score (nSPS) is 10.6. The summed E-state index contributed by atoms with van der Waals surface area (Å²) in [7, 11) is 1.49. The summed E-state index contributed by atoms with van der Waals surface area (Å²) in [5.41, 5.74) is 1.18. The summed E-state index contributed by atoms with van der Waals surface area (Å²) in [5, 5.41) is 1.11. The van der Waals surface area contributed by atoms with E-state index < -0.39 is 0 Å². The van der Waals surface area contributed by atoms with Crippen molar-refractivity contribution in [3.63, 3.8) is 0 Å². The Balaban J connectivity index is 2.73. The number of aromatic amines is 1. The first-order chi connectivity index (χ1) is 7.13. The van der Waals surface area contributed by atoms with Crippen molar-refractivity contribution in [1.82, 2.24) is 9.97 Å². The summed E-state index contributed by atoms with van der Waals surface area (Å²) in [6.07, 6.45) is 1.62. The van der Waals surface area contributed by atoms with E-state index in [-0.39, 0.29) is 5.78 Å². The van der Waals surface area contributed by atoms with E-state index >= 15 is 0 Å². The predicted octanol–water partition coefficient (Wildman–Crippen LogP) is 2.43. The monoisotopic (exact) mass is 224 g/mol. The number of pyridine rings is 1. The number of ketones is 1. The molecular formula is C10H9ClN2O2. The molecule has 0 fully saturated rings. The summed E-state index contributed by atoms with van der Waals surface area (Å²) in [6.45, 7) is 1.50. The summed E-state index contributed by atoms with van der Waals surface area (Å²) >= 11 is 5.92. The highest BCUT2D eigenvalue weighted by Gasteiger charge is 2.12. The molecule has 0 radical (unpaired) electrons. The lowest BCUT2D eigenvalue weighted by molar-refractivity contribution is 0.101. The first-order valence-electron chi connectivity index (χ1n) is 4.36. The van der Waals surface area contributed by atoms with Crippen molar-refractivity contribution in [3.05, 3.63) is 22.8 Å². The van der Waals surface area contributed by atoms with E-state index in [1.165, 1.54) is 14.0 Å². The third kappa shape index (κ3) is 1.57. The zero-order valence-electron chi connectivity index (χ0n) is 8.30. The van der Waals surface area contributed by atoms with Gasteiger partial charge in [-0.3, -0.25) is 4.79 Å². The van der Waals surface area contributed by atoms with Gasteiger partial charge in [0.15, 0.2) is 5.78 Å². The number of rotatable bonds is 2. The highest BCUT2D eigenvalue weighted by atomic mass is 35.5. The zero-order valence-corrected chi connectivity index (χ0v) is 9.05. The van der Waals surface area contributed by atoms with Gasteiger partial charge in [0.2, 0.25) is 5.88 Å². The Hall–Kier alpha value is -1.55. The van der Waals surface area contributed by atoms with E-state index in [0.29, 0.717) is 27.5 Å². The van der Waals surface area contributed by atoms with E-state index in [0.717, 1.165) is 0 Å². The molecule has 0 saturated heterocycles. The summed E-state index contributed by atoms with van der Waals surface area (Å²) < 4.78 is 4.97. The molecule has 0 spiro atoms. The van der Waals surface area contributed by atoms with Crippen LogP contribution in [-0.4, -0.2) is 22.9 Å². The topological polar surface area (TPSA) is 55.0 Å². The van der Waals surface area contributed by atoms with E-state index in [4.69, 9.17) is 16.3 Å².